The third-order valence-electron chi connectivity index (χ3n) is 3.71. The van der Waals surface area contributed by atoms with Gasteiger partial charge in [0.1, 0.15) is 0 Å². The van der Waals surface area contributed by atoms with E-state index in [1.54, 1.807) is 0 Å². The molecule has 14 heavy (non-hydrogen) atoms. The van der Waals surface area contributed by atoms with E-state index < -0.39 is 0 Å². The van der Waals surface area contributed by atoms with Crippen LogP contribution in [0.3, 0.4) is 0 Å². The summed E-state index contributed by atoms with van der Waals surface area (Å²) in [6, 6.07) is 12.2. The molecule has 1 aromatic carbocycles. The largest absolute Gasteiger partial charge is 0.326 e. The van der Waals surface area contributed by atoms with Crippen molar-refractivity contribution in [2.24, 2.45) is 5.73 Å². The van der Waals surface area contributed by atoms with E-state index in [9.17, 15) is 0 Å². The highest BCUT2D eigenvalue weighted by atomic mass is 15.1. The summed E-state index contributed by atoms with van der Waals surface area (Å²) in [5.41, 5.74) is 7.64. The van der Waals surface area contributed by atoms with Crippen molar-refractivity contribution < 1.29 is 0 Å². The molecule has 0 radical (unpaired) electrons. The van der Waals surface area contributed by atoms with Crippen LogP contribution >= 0.6 is 0 Å². The summed E-state index contributed by atoms with van der Waals surface area (Å²) < 4.78 is 0. The Kier molecular flexibility index (Phi) is 1.85. The molecule has 2 heteroatoms. The summed E-state index contributed by atoms with van der Waals surface area (Å²) in [4.78, 5) is 0. The van der Waals surface area contributed by atoms with Gasteiger partial charge in [-0.1, -0.05) is 30.3 Å². The molecule has 2 heterocycles. The van der Waals surface area contributed by atoms with E-state index in [0.29, 0.717) is 24.0 Å². The fourth-order valence-electron chi connectivity index (χ4n) is 3.04. The van der Waals surface area contributed by atoms with Crippen LogP contribution < -0.4 is 11.1 Å². The third-order valence-corrected chi connectivity index (χ3v) is 3.71. The molecule has 2 nitrogen and oxygen atoms in total. The van der Waals surface area contributed by atoms with Crippen molar-refractivity contribution in [2.45, 2.75) is 36.9 Å². The molecular weight excluding hydrogens is 172 g/mol. The number of fused-ring (bicyclic) bond motifs is 2. The predicted molar refractivity (Wildman–Crippen MR) is 57.1 cm³/mol. The minimum atomic E-state index is 0.316. The molecule has 0 spiro atoms. The summed E-state index contributed by atoms with van der Waals surface area (Å²) in [5.74, 6) is 0.537. The Labute approximate surface area is 84.5 Å². The van der Waals surface area contributed by atoms with Crippen LogP contribution in [0.1, 0.15) is 24.3 Å². The Balaban J connectivity index is 1.93. The Morgan fingerprint density at radius 2 is 1.79 bits per heavy atom. The zero-order chi connectivity index (χ0) is 9.54. The molecule has 4 atom stereocenters. The first-order chi connectivity index (χ1) is 6.86. The summed E-state index contributed by atoms with van der Waals surface area (Å²) >= 11 is 0. The van der Waals surface area contributed by atoms with Crippen molar-refractivity contribution in [3.05, 3.63) is 35.9 Å². The lowest BCUT2D eigenvalue weighted by atomic mass is 9.80. The summed E-state index contributed by atoms with van der Waals surface area (Å²) in [7, 11) is 0. The van der Waals surface area contributed by atoms with Gasteiger partial charge in [0, 0.05) is 24.0 Å². The first kappa shape index (κ1) is 8.45. The van der Waals surface area contributed by atoms with Crippen molar-refractivity contribution in [1.29, 1.82) is 0 Å². The lowest BCUT2D eigenvalue weighted by Gasteiger charge is -2.26. The molecule has 3 rings (SSSR count). The van der Waals surface area contributed by atoms with Gasteiger partial charge in [-0.25, -0.2) is 0 Å². The normalized spacial score (nSPS) is 40.4. The summed E-state index contributed by atoms with van der Waals surface area (Å²) in [6.07, 6.45) is 2.55. The van der Waals surface area contributed by atoms with Crippen LogP contribution in [0.25, 0.3) is 0 Å². The molecule has 0 amide bonds. The maximum Gasteiger partial charge on any atom is 0.0279 e. The Morgan fingerprint density at radius 3 is 2.43 bits per heavy atom. The van der Waals surface area contributed by atoms with Crippen LogP contribution in [0.15, 0.2) is 30.3 Å². The highest BCUT2D eigenvalue weighted by Crippen LogP contribution is 2.38. The minimum Gasteiger partial charge on any atom is -0.326 e. The molecule has 2 fully saturated rings. The molecule has 1 aromatic rings. The molecule has 2 aliphatic rings. The zero-order valence-electron chi connectivity index (χ0n) is 8.19. The Hall–Kier alpha value is -0.860. The number of hydrogen-bond donors (Lipinski definition) is 2. The molecule has 2 saturated heterocycles. The topological polar surface area (TPSA) is 38.0 Å². The van der Waals surface area contributed by atoms with Crippen molar-refractivity contribution in [2.75, 3.05) is 0 Å². The van der Waals surface area contributed by atoms with E-state index in [4.69, 9.17) is 5.73 Å². The second-order valence-electron chi connectivity index (χ2n) is 4.47. The highest BCUT2D eigenvalue weighted by molar-refractivity contribution is 5.28. The third kappa shape index (κ3) is 1.11. The van der Waals surface area contributed by atoms with Crippen molar-refractivity contribution in [3.63, 3.8) is 0 Å². The number of nitrogens with two attached hydrogens (primary N) is 1. The van der Waals surface area contributed by atoms with E-state index in [2.05, 4.69) is 35.6 Å². The van der Waals surface area contributed by atoms with E-state index in [1.807, 2.05) is 0 Å². The maximum absolute atomic E-state index is 6.23. The van der Waals surface area contributed by atoms with Crippen LogP contribution in [-0.4, -0.2) is 18.1 Å². The fraction of sp³-hybridized carbons (Fsp3) is 0.500. The molecule has 2 aliphatic heterocycles. The van der Waals surface area contributed by atoms with Crippen molar-refractivity contribution >= 4 is 0 Å². The molecule has 74 valence electrons. The van der Waals surface area contributed by atoms with Gasteiger partial charge in [-0.15, -0.1) is 0 Å². The van der Waals surface area contributed by atoms with Crippen molar-refractivity contribution in [3.8, 4) is 0 Å². The average Bonchev–Trinajstić information content (AvgIpc) is 2.79. The van der Waals surface area contributed by atoms with Gasteiger partial charge in [-0.05, 0) is 18.4 Å². The molecule has 4 unspecified atom stereocenters. The van der Waals surface area contributed by atoms with Crippen LogP contribution in [-0.2, 0) is 0 Å². The monoisotopic (exact) mass is 188 g/mol. The van der Waals surface area contributed by atoms with Crippen LogP contribution in [0.5, 0.6) is 0 Å². The number of hydrogen-bond acceptors (Lipinski definition) is 2. The van der Waals surface area contributed by atoms with Gasteiger partial charge >= 0.3 is 0 Å². The van der Waals surface area contributed by atoms with Crippen LogP contribution in [0.4, 0.5) is 0 Å². The van der Waals surface area contributed by atoms with Crippen molar-refractivity contribution in [1.82, 2.24) is 5.32 Å². The van der Waals surface area contributed by atoms with Crippen LogP contribution in [0.2, 0.25) is 0 Å². The zero-order valence-corrected chi connectivity index (χ0v) is 8.19. The van der Waals surface area contributed by atoms with Gasteiger partial charge in [0.25, 0.3) is 0 Å². The quantitative estimate of drug-likeness (QED) is 0.695. The number of nitrogens with one attached hydrogen (secondary N) is 1. The van der Waals surface area contributed by atoms with E-state index in [-0.39, 0.29) is 0 Å². The first-order valence-electron chi connectivity index (χ1n) is 5.43. The second-order valence-corrected chi connectivity index (χ2v) is 4.47. The van der Waals surface area contributed by atoms with Gasteiger partial charge in [0.15, 0.2) is 0 Å². The lowest BCUT2D eigenvalue weighted by Crippen LogP contribution is -2.38. The second kappa shape index (κ2) is 3.07. The fourth-order valence-corrected chi connectivity index (χ4v) is 3.04. The Morgan fingerprint density at radius 1 is 1.07 bits per heavy atom. The number of rotatable bonds is 1. The van der Waals surface area contributed by atoms with Crippen LogP contribution in [0, 0.1) is 0 Å². The number of benzene rings is 1. The van der Waals surface area contributed by atoms with Gasteiger partial charge < -0.3 is 11.1 Å². The van der Waals surface area contributed by atoms with Gasteiger partial charge in [-0.3, -0.25) is 0 Å². The van der Waals surface area contributed by atoms with E-state index in [0.717, 1.165) is 0 Å². The maximum atomic E-state index is 6.23. The highest BCUT2D eigenvalue weighted by Gasteiger charge is 2.45. The summed E-state index contributed by atoms with van der Waals surface area (Å²) in [5, 5.41) is 3.60. The smallest absolute Gasteiger partial charge is 0.0279 e. The molecule has 3 N–H and O–H groups in total. The SMILES string of the molecule is NC1C2CCC(N2)C1c1ccccc1. The molecule has 0 saturated carbocycles. The average molecular weight is 188 g/mol. The first-order valence-corrected chi connectivity index (χ1v) is 5.43. The molecule has 0 aromatic heterocycles. The molecule has 0 aliphatic carbocycles. The van der Waals surface area contributed by atoms with Gasteiger partial charge in [-0.2, -0.15) is 0 Å². The molecular formula is C12H16N2. The summed E-state index contributed by atoms with van der Waals surface area (Å²) in [6.45, 7) is 0. The van der Waals surface area contributed by atoms with Gasteiger partial charge in [0.05, 0.1) is 0 Å². The predicted octanol–water partition coefficient (Wildman–Crippen LogP) is 1.23. The van der Waals surface area contributed by atoms with Gasteiger partial charge in [0.2, 0.25) is 0 Å². The lowest BCUT2D eigenvalue weighted by molar-refractivity contribution is 0.444. The standard InChI is InChI=1S/C12H16N2/c13-12-10-7-6-9(14-10)11(12)8-4-2-1-3-5-8/h1-5,9-12,14H,6-7,13H2. The van der Waals surface area contributed by atoms with E-state index in [1.165, 1.54) is 18.4 Å². The molecule has 2 bridgehead atoms. The Bertz CT molecular complexity index is 320. The minimum absolute atomic E-state index is 0.316. The van der Waals surface area contributed by atoms with E-state index >= 15 is 0 Å².